The molecule has 9 nitrogen and oxygen atoms in total. The number of amides is 1. The lowest BCUT2D eigenvalue weighted by molar-refractivity contribution is -0.114. The quantitative estimate of drug-likeness (QED) is 0.641. The van der Waals surface area contributed by atoms with Gasteiger partial charge in [-0.25, -0.2) is 12.9 Å². The van der Waals surface area contributed by atoms with Crippen molar-refractivity contribution in [3.63, 3.8) is 0 Å². The molecule has 142 valence electrons. The van der Waals surface area contributed by atoms with Gasteiger partial charge in [0.15, 0.2) is 5.65 Å². The molecule has 0 aliphatic heterocycles. The second-order valence-corrected chi connectivity index (χ2v) is 7.92. The molecule has 0 unspecified atom stereocenters. The standard InChI is InChI=1S/C17H20N6O3S/c1-3-4-7-27(25,26)22-15-8-14(9-18-10-15)13-5-6-16-20-17(19-12(2)24)21-23(16)11-13/h5-6,8-11,22H,3-4,7H2,1-2H3,(H,19,21,24). The van der Waals surface area contributed by atoms with Crippen molar-refractivity contribution >= 4 is 33.2 Å². The van der Waals surface area contributed by atoms with Gasteiger partial charge in [0.25, 0.3) is 0 Å². The van der Waals surface area contributed by atoms with Gasteiger partial charge in [-0.2, -0.15) is 4.98 Å². The number of nitrogens with zero attached hydrogens (tertiary/aromatic N) is 4. The summed E-state index contributed by atoms with van der Waals surface area (Å²) >= 11 is 0. The fourth-order valence-corrected chi connectivity index (χ4v) is 3.72. The number of carbonyl (C=O) groups excluding carboxylic acids is 1. The first-order chi connectivity index (χ1) is 12.9. The highest BCUT2D eigenvalue weighted by Crippen LogP contribution is 2.23. The molecular formula is C17H20N6O3S. The fraction of sp³-hybridized carbons (Fsp3) is 0.294. The van der Waals surface area contributed by atoms with Crippen LogP contribution in [-0.2, 0) is 14.8 Å². The van der Waals surface area contributed by atoms with E-state index >= 15 is 0 Å². The molecule has 0 atom stereocenters. The third kappa shape index (κ3) is 4.79. The first-order valence-electron chi connectivity index (χ1n) is 8.46. The van der Waals surface area contributed by atoms with Crippen LogP contribution < -0.4 is 10.0 Å². The number of pyridine rings is 2. The van der Waals surface area contributed by atoms with E-state index in [1.165, 1.54) is 13.1 Å². The second-order valence-electron chi connectivity index (χ2n) is 6.07. The van der Waals surface area contributed by atoms with Gasteiger partial charge in [-0.3, -0.25) is 19.8 Å². The maximum atomic E-state index is 12.1. The van der Waals surface area contributed by atoms with Crippen molar-refractivity contribution in [3.05, 3.63) is 36.8 Å². The molecule has 0 spiro atoms. The van der Waals surface area contributed by atoms with E-state index in [1.54, 1.807) is 29.0 Å². The van der Waals surface area contributed by atoms with Crippen LogP contribution in [0.3, 0.4) is 0 Å². The number of sulfonamides is 1. The Morgan fingerprint density at radius 3 is 2.78 bits per heavy atom. The molecule has 3 aromatic rings. The Kier molecular flexibility index (Phi) is 5.36. The molecule has 0 aromatic carbocycles. The van der Waals surface area contributed by atoms with E-state index < -0.39 is 10.0 Å². The van der Waals surface area contributed by atoms with Crippen LogP contribution in [0, 0.1) is 0 Å². The number of nitrogens with one attached hydrogen (secondary N) is 2. The van der Waals surface area contributed by atoms with Crippen LogP contribution >= 0.6 is 0 Å². The minimum absolute atomic E-state index is 0.0740. The van der Waals surface area contributed by atoms with E-state index in [0.29, 0.717) is 17.8 Å². The lowest BCUT2D eigenvalue weighted by Crippen LogP contribution is -2.16. The molecule has 27 heavy (non-hydrogen) atoms. The van der Waals surface area contributed by atoms with Gasteiger partial charge in [-0.15, -0.1) is 5.10 Å². The Bertz CT molecular complexity index is 1080. The van der Waals surface area contributed by atoms with Crippen molar-refractivity contribution in [2.45, 2.75) is 26.7 Å². The Hall–Kier alpha value is -3.01. The predicted molar refractivity (Wildman–Crippen MR) is 103 cm³/mol. The normalized spacial score (nSPS) is 11.5. The Morgan fingerprint density at radius 1 is 1.22 bits per heavy atom. The van der Waals surface area contributed by atoms with Gasteiger partial charge in [-0.05, 0) is 24.6 Å². The van der Waals surface area contributed by atoms with Crippen LogP contribution in [0.1, 0.15) is 26.7 Å². The molecule has 3 aromatic heterocycles. The fourth-order valence-electron chi connectivity index (χ4n) is 2.48. The zero-order valence-corrected chi connectivity index (χ0v) is 15.8. The molecule has 0 radical (unpaired) electrons. The molecule has 3 heterocycles. The van der Waals surface area contributed by atoms with E-state index in [2.05, 4.69) is 25.1 Å². The smallest absolute Gasteiger partial charge is 0.249 e. The number of unbranched alkanes of at least 4 members (excludes halogenated alkanes) is 1. The van der Waals surface area contributed by atoms with E-state index in [1.807, 2.05) is 13.0 Å². The van der Waals surface area contributed by atoms with Crippen molar-refractivity contribution in [2.75, 3.05) is 15.8 Å². The highest BCUT2D eigenvalue weighted by Gasteiger charge is 2.11. The number of hydrogen-bond donors (Lipinski definition) is 2. The average Bonchev–Trinajstić information content (AvgIpc) is 3.00. The minimum atomic E-state index is -3.40. The molecule has 0 fully saturated rings. The highest BCUT2D eigenvalue weighted by atomic mass is 32.2. The topological polar surface area (TPSA) is 118 Å². The average molecular weight is 388 g/mol. The van der Waals surface area contributed by atoms with Gasteiger partial charge in [0, 0.05) is 30.4 Å². The Balaban J connectivity index is 1.87. The summed E-state index contributed by atoms with van der Waals surface area (Å²) in [5.41, 5.74) is 2.49. The molecular weight excluding hydrogens is 368 g/mol. The Morgan fingerprint density at radius 2 is 2.04 bits per heavy atom. The Labute approximate surface area is 156 Å². The predicted octanol–water partition coefficient (Wildman–Crippen LogP) is 2.29. The van der Waals surface area contributed by atoms with Gasteiger partial charge in [0.2, 0.25) is 21.9 Å². The summed E-state index contributed by atoms with van der Waals surface area (Å²) < 4.78 is 28.2. The van der Waals surface area contributed by atoms with E-state index in [0.717, 1.165) is 17.5 Å². The second kappa shape index (κ2) is 7.70. The van der Waals surface area contributed by atoms with Gasteiger partial charge in [-0.1, -0.05) is 13.3 Å². The van der Waals surface area contributed by atoms with Crippen LogP contribution in [0.5, 0.6) is 0 Å². The van der Waals surface area contributed by atoms with Crippen LogP contribution in [0.15, 0.2) is 36.8 Å². The molecule has 3 rings (SSSR count). The molecule has 2 N–H and O–H groups in total. The summed E-state index contributed by atoms with van der Waals surface area (Å²) in [5, 5.41) is 6.73. The van der Waals surface area contributed by atoms with Crippen molar-refractivity contribution in [3.8, 4) is 11.1 Å². The molecule has 0 saturated heterocycles. The first kappa shape index (κ1) is 18.8. The number of rotatable bonds is 7. The third-order valence-electron chi connectivity index (χ3n) is 3.73. The molecule has 1 amide bonds. The number of hydrogen-bond acceptors (Lipinski definition) is 6. The van der Waals surface area contributed by atoms with E-state index in [4.69, 9.17) is 0 Å². The zero-order chi connectivity index (χ0) is 19.4. The van der Waals surface area contributed by atoms with Gasteiger partial charge < -0.3 is 0 Å². The summed E-state index contributed by atoms with van der Waals surface area (Å²) in [6, 6.07) is 5.29. The van der Waals surface area contributed by atoms with Crippen LogP contribution in [0.4, 0.5) is 11.6 Å². The van der Waals surface area contributed by atoms with Gasteiger partial charge >= 0.3 is 0 Å². The maximum Gasteiger partial charge on any atom is 0.249 e. The lowest BCUT2D eigenvalue weighted by atomic mass is 10.1. The summed E-state index contributed by atoms with van der Waals surface area (Å²) in [4.78, 5) is 19.4. The highest BCUT2D eigenvalue weighted by molar-refractivity contribution is 7.92. The van der Waals surface area contributed by atoms with Crippen LogP contribution in [0.2, 0.25) is 0 Å². The number of carbonyl (C=O) groups is 1. The van der Waals surface area contributed by atoms with Crippen molar-refractivity contribution < 1.29 is 13.2 Å². The summed E-state index contributed by atoms with van der Waals surface area (Å²) in [6.45, 7) is 3.32. The lowest BCUT2D eigenvalue weighted by Gasteiger charge is -2.09. The molecule has 10 heteroatoms. The number of fused-ring (bicyclic) bond motifs is 1. The largest absolute Gasteiger partial charge is 0.293 e. The zero-order valence-electron chi connectivity index (χ0n) is 15.0. The molecule has 0 saturated carbocycles. The van der Waals surface area contributed by atoms with Crippen LogP contribution in [0.25, 0.3) is 16.8 Å². The maximum absolute atomic E-state index is 12.1. The number of aromatic nitrogens is 4. The summed E-state index contributed by atoms with van der Waals surface area (Å²) in [6.07, 6.45) is 6.24. The minimum Gasteiger partial charge on any atom is -0.293 e. The SMILES string of the molecule is CCCCS(=O)(=O)Nc1cncc(-c2ccc3nc(NC(C)=O)nn3c2)c1. The molecule has 0 aliphatic carbocycles. The molecule has 0 aliphatic rings. The number of anilines is 2. The molecule has 0 bridgehead atoms. The summed E-state index contributed by atoms with van der Waals surface area (Å²) in [7, 11) is -3.40. The van der Waals surface area contributed by atoms with E-state index in [-0.39, 0.29) is 17.6 Å². The van der Waals surface area contributed by atoms with Crippen molar-refractivity contribution in [1.82, 2.24) is 19.6 Å². The van der Waals surface area contributed by atoms with Crippen LogP contribution in [-0.4, -0.2) is 39.7 Å². The van der Waals surface area contributed by atoms with Gasteiger partial charge in [0.1, 0.15) is 0 Å². The monoisotopic (exact) mass is 388 g/mol. The van der Waals surface area contributed by atoms with Crippen molar-refractivity contribution in [1.29, 1.82) is 0 Å². The third-order valence-corrected chi connectivity index (χ3v) is 5.10. The summed E-state index contributed by atoms with van der Waals surface area (Å²) in [5.74, 6) is 0.0403. The van der Waals surface area contributed by atoms with Gasteiger partial charge in [0.05, 0.1) is 17.6 Å². The van der Waals surface area contributed by atoms with E-state index in [9.17, 15) is 13.2 Å². The first-order valence-corrected chi connectivity index (χ1v) is 10.1. The van der Waals surface area contributed by atoms with Crippen molar-refractivity contribution in [2.24, 2.45) is 0 Å².